The van der Waals surface area contributed by atoms with Crippen LogP contribution in [0.15, 0.2) is 53.4 Å². The lowest BCUT2D eigenvalue weighted by Crippen LogP contribution is -2.27. The van der Waals surface area contributed by atoms with Crippen molar-refractivity contribution in [2.75, 3.05) is 70.7 Å². The highest BCUT2D eigenvalue weighted by atomic mass is 32.2. The van der Waals surface area contributed by atoms with E-state index in [2.05, 4.69) is 10.0 Å². The summed E-state index contributed by atoms with van der Waals surface area (Å²) >= 11 is 0. The van der Waals surface area contributed by atoms with E-state index in [-0.39, 0.29) is 75.8 Å². The standard InChI is InChI=1S/C40H60N2O13S/c43-35(13-12-24-51-27-30-54-32-39(46)47)31-53-29-28-52-26-23-41-40(48)33-15-17-34(18-16-33)42-56(49,50)37-21-19-36(20-22-37)55-25-11-9-7-5-3-1-2-4-6-8-10-14-38(44)45/h15-22,42H,1-14,23-32H2,(H,41,48)(H,44,45)(H,46,47). The van der Waals surface area contributed by atoms with Crippen LogP contribution in [0.2, 0.25) is 0 Å². The normalized spacial score (nSPS) is 11.3. The highest BCUT2D eigenvalue weighted by Crippen LogP contribution is 2.20. The van der Waals surface area contributed by atoms with Gasteiger partial charge in [-0.25, -0.2) is 13.2 Å². The molecule has 0 saturated carbocycles. The van der Waals surface area contributed by atoms with Gasteiger partial charge in [0, 0.05) is 37.2 Å². The van der Waals surface area contributed by atoms with Crippen LogP contribution in [0.25, 0.3) is 0 Å². The minimum absolute atomic E-state index is 0.0408. The number of nitrogens with one attached hydrogen (secondary N) is 2. The maximum Gasteiger partial charge on any atom is 0.329 e. The summed E-state index contributed by atoms with van der Waals surface area (Å²) in [5, 5.41) is 19.9. The second kappa shape index (κ2) is 30.1. The van der Waals surface area contributed by atoms with E-state index in [1.807, 2.05) is 0 Å². The number of amides is 1. The predicted octanol–water partition coefficient (Wildman–Crippen LogP) is 5.86. The van der Waals surface area contributed by atoms with Gasteiger partial charge in [-0.1, -0.05) is 57.8 Å². The molecule has 56 heavy (non-hydrogen) atoms. The van der Waals surface area contributed by atoms with Crippen molar-refractivity contribution in [1.29, 1.82) is 0 Å². The first-order chi connectivity index (χ1) is 27.1. The van der Waals surface area contributed by atoms with Crippen LogP contribution in [-0.4, -0.2) is 108 Å². The number of carbonyl (C=O) groups is 4. The van der Waals surface area contributed by atoms with Gasteiger partial charge in [-0.15, -0.1) is 0 Å². The molecule has 0 spiro atoms. The van der Waals surface area contributed by atoms with Crippen LogP contribution in [-0.2, 0) is 43.4 Å². The number of ketones is 1. The molecule has 1 amide bonds. The number of carboxylic acids is 2. The summed E-state index contributed by atoms with van der Waals surface area (Å²) < 4.78 is 55.0. The Hall–Kier alpha value is -4.09. The number of carbonyl (C=O) groups excluding carboxylic acids is 2. The Morgan fingerprint density at radius 2 is 1.09 bits per heavy atom. The van der Waals surface area contributed by atoms with E-state index >= 15 is 0 Å². The van der Waals surface area contributed by atoms with E-state index in [1.165, 1.54) is 68.5 Å². The van der Waals surface area contributed by atoms with Gasteiger partial charge >= 0.3 is 11.9 Å². The number of Topliss-reactive ketones (excluding diaryl/α,β-unsaturated/α-hetero) is 1. The summed E-state index contributed by atoms with van der Waals surface area (Å²) in [6.07, 6.45) is 13.1. The van der Waals surface area contributed by atoms with Crippen molar-refractivity contribution < 1.29 is 61.5 Å². The molecule has 15 nitrogen and oxygen atoms in total. The number of carboxylic acid groups (broad SMARTS) is 2. The molecule has 4 N–H and O–H groups in total. The lowest BCUT2D eigenvalue weighted by atomic mass is 10.1. The molecule has 0 atom stereocenters. The molecule has 0 aliphatic heterocycles. The largest absolute Gasteiger partial charge is 0.494 e. The van der Waals surface area contributed by atoms with E-state index in [4.69, 9.17) is 33.9 Å². The predicted molar refractivity (Wildman–Crippen MR) is 210 cm³/mol. The van der Waals surface area contributed by atoms with Gasteiger partial charge in [0.15, 0.2) is 5.78 Å². The Bertz CT molecular complexity index is 1500. The third kappa shape index (κ3) is 24.4. The van der Waals surface area contributed by atoms with E-state index in [0.29, 0.717) is 43.1 Å². The van der Waals surface area contributed by atoms with Crippen molar-refractivity contribution in [3.63, 3.8) is 0 Å². The Kier molecular flexibility index (Phi) is 25.8. The van der Waals surface area contributed by atoms with E-state index in [9.17, 15) is 27.6 Å². The van der Waals surface area contributed by atoms with Gasteiger partial charge in [0.2, 0.25) is 0 Å². The molecule has 0 aromatic heterocycles. The van der Waals surface area contributed by atoms with Gasteiger partial charge in [0.1, 0.15) is 19.0 Å². The van der Waals surface area contributed by atoms with Crippen molar-refractivity contribution in [2.45, 2.75) is 94.8 Å². The molecule has 0 fully saturated rings. The lowest BCUT2D eigenvalue weighted by Gasteiger charge is -2.11. The van der Waals surface area contributed by atoms with Crippen LogP contribution < -0.4 is 14.8 Å². The SMILES string of the molecule is O=C(O)CCCCCCCCCCCCCOc1ccc(S(=O)(=O)Nc2ccc(C(=O)NCCOCCOCC(=O)CCCOCCOCC(=O)O)cc2)cc1. The van der Waals surface area contributed by atoms with Crippen molar-refractivity contribution >= 4 is 39.3 Å². The average Bonchev–Trinajstić information content (AvgIpc) is 3.17. The zero-order chi connectivity index (χ0) is 40.7. The van der Waals surface area contributed by atoms with Crippen molar-refractivity contribution in [3.8, 4) is 5.75 Å². The lowest BCUT2D eigenvalue weighted by molar-refractivity contribution is -0.143. The summed E-state index contributed by atoms with van der Waals surface area (Å²) in [6.45, 7) is 1.89. The van der Waals surface area contributed by atoms with Crippen LogP contribution in [0, 0.1) is 0 Å². The quantitative estimate of drug-likeness (QED) is 0.0595. The number of rotatable bonds is 36. The van der Waals surface area contributed by atoms with Gasteiger partial charge < -0.3 is 39.2 Å². The highest BCUT2D eigenvalue weighted by Gasteiger charge is 2.15. The highest BCUT2D eigenvalue weighted by molar-refractivity contribution is 7.92. The van der Waals surface area contributed by atoms with Crippen molar-refractivity contribution in [1.82, 2.24) is 5.32 Å². The molecule has 2 rings (SSSR count). The minimum Gasteiger partial charge on any atom is -0.494 e. The second-order valence-corrected chi connectivity index (χ2v) is 14.8. The smallest absolute Gasteiger partial charge is 0.329 e. The first-order valence-electron chi connectivity index (χ1n) is 19.5. The van der Waals surface area contributed by atoms with Crippen LogP contribution in [0.1, 0.15) is 100 Å². The number of unbranched alkanes of at least 4 members (excludes halogenated alkanes) is 10. The molecule has 2 aromatic rings. The zero-order valence-electron chi connectivity index (χ0n) is 32.4. The maximum absolute atomic E-state index is 12.9. The molecule has 0 aliphatic rings. The van der Waals surface area contributed by atoms with Crippen LogP contribution in [0.3, 0.4) is 0 Å². The summed E-state index contributed by atoms with van der Waals surface area (Å²) in [5.74, 6) is -1.57. The Labute approximate surface area is 330 Å². The molecule has 2 aromatic carbocycles. The van der Waals surface area contributed by atoms with E-state index in [1.54, 1.807) is 12.1 Å². The molecular weight excluding hydrogens is 749 g/mol. The fraction of sp³-hybridized carbons (Fsp3) is 0.600. The molecule has 0 bridgehead atoms. The summed E-state index contributed by atoms with van der Waals surface area (Å²) in [4.78, 5) is 45.3. The number of anilines is 1. The van der Waals surface area contributed by atoms with Gasteiger partial charge in [-0.05, 0) is 67.8 Å². The Balaban J connectivity index is 1.50. The van der Waals surface area contributed by atoms with Crippen LogP contribution >= 0.6 is 0 Å². The molecule has 0 unspecified atom stereocenters. The molecule has 0 saturated heterocycles. The first kappa shape index (κ1) is 48.1. The van der Waals surface area contributed by atoms with Crippen LogP contribution in [0.4, 0.5) is 5.69 Å². The third-order valence-corrected chi connectivity index (χ3v) is 9.74. The third-order valence-electron chi connectivity index (χ3n) is 8.35. The molecule has 0 aliphatic carbocycles. The number of hydrogen-bond acceptors (Lipinski definition) is 11. The molecule has 0 radical (unpaired) electrons. The monoisotopic (exact) mass is 808 g/mol. The number of benzene rings is 2. The first-order valence-corrected chi connectivity index (χ1v) is 21.0. The van der Waals surface area contributed by atoms with Crippen LogP contribution in [0.5, 0.6) is 5.75 Å². The summed E-state index contributed by atoms with van der Waals surface area (Å²) in [7, 11) is -3.85. The molecule has 0 heterocycles. The fourth-order valence-corrected chi connectivity index (χ4v) is 6.40. The topological polar surface area (TPSA) is 213 Å². The van der Waals surface area contributed by atoms with Gasteiger partial charge in [-0.2, -0.15) is 0 Å². The second-order valence-electron chi connectivity index (χ2n) is 13.2. The zero-order valence-corrected chi connectivity index (χ0v) is 33.2. The molecular formula is C40H60N2O13S. The van der Waals surface area contributed by atoms with Gasteiger partial charge in [-0.3, -0.25) is 19.1 Å². The Morgan fingerprint density at radius 1 is 0.536 bits per heavy atom. The number of hydrogen-bond donors (Lipinski definition) is 4. The number of sulfonamides is 1. The molecule has 16 heteroatoms. The fourth-order valence-electron chi connectivity index (χ4n) is 5.35. The maximum atomic E-state index is 12.9. The summed E-state index contributed by atoms with van der Waals surface area (Å²) in [6, 6.07) is 12.3. The summed E-state index contributed by atoms with van der Waals surface area (Å²) in [5.41, 5.74) is 0.664. The van der Waals surface area contributed by atoms with Gasteiger partial charge in [0.05, 0.1) is 44.5 Å². The minimum atomic E-state index is -3.85. The van der Waals surface area contributed by atoms with E-state index < -0.39 is 22.0 Å². The average molecular weight is 809 g/mol. The van der Waals surface area contributed by atoms with Crippen molar-refractivity contribution in [2.24, 2.45) is 0 Å². The van der Waals surface area contributed by atoms with E-state index in [0.717, 1.165) is 38.5 Å². The number of aliphatic carboxylic acids is 2. The van der Waals surface area contributed by atoms with Gasteiger partial charge in [0.25, 0.3) is 15.9 Å². The van der Waals surface area contributed by atoms with Crippen molar-refractivity contribution in [3.05, 3.63) is 54.1 Å². The number of ether oxygens (including phenoxy) is 5. The molecule has 314 valence electrons. The Morgan fingerprint density at radius 3 is 1.70 bits per heavy atom.